The van der Waals surface area contributed by atoms with Crippen LogP contribution in [0.1, 0.15) is 44.6 Å². The number of ether oxygens (including phenoxy) is 1. The predicted octanol–water partition coefficient (Wildman–Crippen LogP) is 2.97. The average molecular weight is 260 g/mol. The van der Waals surface area contributed by atoms with Gasteiger partial charge in [0, 0.05) is 12.2 Å². The van der Waals surface area contributed by atoms with Crippen molar-refractivity contribution in [2.24, 2.45) is 11.8 Å². The molecule has 0 radical (unpaired) electrons. The van der Waals surface area contributed by atoms with Crippen LogP contribution in [0.3, 0.4) is 0 Å². The van der Waals surface area contributed by atoms with Crippen molar-refractivity contribution in [3.63, 3.8) is 0 Å². The Balaban J connectivity index is 1.60. The lowest BCUT2D eigenvalue weighted by Crippen LogP contribution is -2.46. The maximum atomic E-state index is 5.83. The highest BCUT2D eigenvalue weighted by molar-refractivity contribution is 5.31. The maximum absolute atomic E-state index is 5.83. The minimum absolute atomic E-state index is 0.538. The van der Waals surface area contributed by atoms with Gasteiger partial charge in [-0.1, -0.05) is 20.3 Å². The molecule has 1 aliphatic carbocycles. The Morgan fingerprint density at radius 3 is 2.95 bits per heavy atom. The van der Waals surface area contributed by atoms with Crippen LogP contribution in [0.4, 0.5) is 0 Å². The van der Waals surface area contributed by atoms with Gasteiger partial charge in [-0.3, -0.25) is 4.98 Å². The van der Waals surface area contributed by atoms with E-state index in [1.54, 1.807) is 0 Å². The number of pyridine rings is 1. The van der Waals surface area contributed by atoms with Crippen LogP contribution in [-0.2, 0) is 0 Å². The first-order valence-electron chi connectivity index (χ1n) is 7.60. The minimum atomic E-state index is 0.538. The molecule has 1 aliphatic heterocycles. The molecule has 0 amide bonds. The maximum Gasteiger partial charge on any atom is 0.137 e. The van der Waals surface area contributed by atoms with Crippen molar-refractivity contribution in [2.75, 3.05) is 13.2 Å². The van der Waals surface area contributed by atoms with Crippen molar-refractivity contribution < 1.29 is 4.74 Å². The molecule has 3 nitrogen and oxygen atoms in total. The lowest BCUT2D eigenvalue weighted by Gasteiger charge is -2.27. The molecular formula is C16H24N2O. The fourth-order valence-corrected chi connectivity index (χ4v) is 3.26. The van der Waals surface area contributed by atoms with Gasteiger partial charge in [-0.2, -0.15) is 0 Å². The van der Waals surface area contributed by atoms with Crippen molar-refractivity contribution >= 4 is 0 Å². The topological polar surface area (TPSA) is 34.1 Å². The standard InChI is InChI=1S/C16H24N2O/c1-3-4-15-11(2)16(15)12-7-14(9-17-8-12)19-10-13-5-6-18-13/h7-9,11,13,15-16,18H,3-6,10H2,1-2H3. The molecular weight excluding hydrogens is 236 g/mol. The fraction of sp³-hybridized carbons (Fsp3) is 0.688. The van der Waals surface area contributed by atoms with E-state index >= 15 is 0 Å². The van der Waals surface area contributed by atoms with E-state index in [2.05, 4.69) is 30.2 Å². The molecule has 4 unspecified atom stereocenters. The summed E-state index contributed by atoms with van der Waals surface area (Å²) >= 11 is 0. The Morgan fingerprint density at radius 1 is 1.42 bits per heavy atom. The Morgan fingerprint density at radius 2 is 2.26 bits per heavy atom. The molecule has 0 bridgehead atoms. The summed E-state index contributed by atoms with van der Waals surface area (Å²) in [5.74, 6) is 3.30. The van der Waals surface area contributed by atoms with Gasteiger partial charge in [0.25, 0.3) is 0 Å². The molecule has 3 heteroatoms. The quantitative estimate of drug-likeness (QED) is 0.854. The first-order chi connectivity index (χ1) is 9.29. The molecule has 1 saturated carbocycles. The molecule has 1 aromatic rings. The summed E-state index contributed by atoms with van der Waals surface area (Å²) in [4.78, 5) is 4.35. The lowest BCUT2D eigenvalue weighted by molar-refractivity contribution is 0.216. The number of aromatic nitrogens is 1. The number of hydrogen-bond acceptors (Lipinski definition) is 3. The third-order valence-electron chi connectivity index (χ3n) is 4.68. The molecule has 0 spiro atoms. The Hall–Kier alpha value is -1.09. The molecule has 1 N–H and O–H groups in total. The molecule has 2 aliphatic rings. The Kier molecular flexibility index (Phi) is 3.74. The summed E-state index contributed by atoms with van der Waals surface area (Å²) in [6, 6.07) is 2.74. The van der Waals surface area contributed by atoms with E-state index in [0.717, 1.165) is 30.7 Å². The molecule has 4 atom stereocenters. The average Bonchev–Trinajstić information content (AvgIpc) is 2.99. The summed E-state index contributed by atoms with van der Waals surface area (Å²) in [7, 11) is 0. The fourth-order valence-electron chi connectivity index (χ4n) is 3.26. The van der Waals surface area contributed by atoms with Gasteiger partial charge in [0.05, 0.1) is 6.20 Å². The zero-order chi connectivity index (χ0) is 13.2. The Labute approximate surface area is 115 Å². The minimum Gasteiger partial charge on any atom is -0.490 e. The zero-order valence-corrected chi connectivity index (χ0v) is 11.9. The van der Waals surface area contributed by atoms with Crippen molar-refractivity contribution in [1.29, 1.82) is 0 Å². The summed E-state index contributed by atoms with van der Waals surface area (Å²) in [6.45, 7) is 6.52. The number of nitrogens with zero attached hydrogens (tertiary/aromatic N) is 1. The largest absolute Gasteiger partial charge is 0.490 e. The van der Waals surface area contributed by atoms with Crippen LogP contribution in [0, 0.1) is 11.8 Å². The van der Waals surface area contributed by atoms with Crippen molar-refractivity contribution in [3.8, 4) is 5.75 Å². The molecule has 2 heterocycles. The van der Waals surface area contributed by atoms with Gasteiger partial charge >= 0.3 is 0 Å². The van der Waals surface area contributed by atoms with Crippen LogP contribution < -0.4 is 10.1 Å². The highest BCUT2D eigenvalue weighted by atomic mass is 16.5. The van der Waals surface area contributed by atoms with E-state index in [-0.39, 0.29) is 0 Å². The number of hydrogen-bond donors (Lipinski definition) is 1. The second-order valence-corrected chi connectivity index (χ2v) is 6.04. The third-order valence-corrected chi connectivity index (χ3v) is 4.68. The Bertz CT molecular complexity index is 431. The number of rotatable bonds is 6. The van der Waals surface area contributed by atoms with Crippen molar-refractivity contribution in [2.45, 2.75) is 45.1 Å². The molecule has 1 aromatic heterocycles. The SMILES string of the molecule is CCCC1C(C)C1c1cncc(OCC2CCN2)c1. The highest BCUT2D eigenvalue weighted by Crippen LogP contribution is 2.56. The lowest BCUT2D eigenvalue weighted by atomic mass is 10.1. The van der Waals surface area contributed by atoms with Crippen LogP contribution in [-0.4, -0.2) is 24.2 Å². The molecule has 3 rings (SSSR count). The predicted molar refractivity (Wildman–Crippen MR) is 76.4 cm³/mol. The third kappa shape index (κ3) is 2.76. The van der Waals surface area contributed by atoms with Crippen LogP contribution >= 0.6 is 0 Å². The monoisotopic (exact) mass is 260 g/mol. The summed E-state index contributed by atoms with van der Waals surface area (Å²) in [5.41, 5.74) is 1.37. The van der Waals surface area contributed by atoms with Gasteiger partial charge < -0.3 is 10.1 Å². The van der Waals surface area contributed by atoms with Gasteiger partial charge in [0.2, 0.25) is 0 Å². The zero-order valence-electron chi connectivity index (χ0n) is 11.9. The van der Waals surface area contributed by atoms with E-state index in [4.69, 9.17) is 4.74 Å². The van der Waals surface area contributed by atoms with Crippen LogP contribution in [0.25, 0.3) is 0 Å². The van der Waals surface area contributed by atoms with E-state index in [9.17, 15) is 0 Å². The van der Waals surface area contributed by atoms with Gasteiger partial charge in [-0.15, -0.1) is 0 Å². The van der Waals surface area contributed by atoms with Gasteiger partial charge in [-0.25, -0.2) is 0 Å². The molecule has 0 aromatic carbocycles. The van der Waals surface area contributed by atoms with Crippen LogP contribution in [0.15, 0.2) is 18.5 Å². The number of nitrogens with one attached hydrogen (secondary N) is 1. The normalized spacial score (nSPS) is 32.7. The molecule has 2 fully saturated rings. The first-order valence-corrected chi connectivity index (χ1v) is 7.60. The summed E-state index contributed by atoms with van der Waals surface area (Å²) in [5, 5.41) is 3.35. The highest BCUT2D eigenvalue weighted by Gasteiger charge is 2.46. The van der Waals surface area contributed by atoms with Crippen molar-refractivity contribution in [3.05, 3.63) is 24.0 Å². The van der Waals surface area contributed by atoms with Gasteiger partial charge in [0.1, 0.15) is 12.4 Å². The van der Waals surface area contributed by atoms with Gasteiger partial charge in [0.15, 0.2) is 0 Å². The van der Waals surface area contributed by atoms with E-state index < -0.39 is 0 Å². The van der Waals surface area contributed by atoms with Crippen LogP contribution in [0.2, 0.25) is 0 Å². The summed E-state index contributed by atoms with van der Waals surface area (Å²) < 4.78 is 5.83. The summed E-state index contributed by atoms with van der Waals surface area (Å²) in [6.07, 6.45) is 7.70. The van der Waals surface area contributed by atoms with E-state index in [1.807, 2.05) is 12.4 Å². The molecule has 1 saturated heterocycles. The molecule has 104 valence electrons. The molecule has 19 heavy (non-hydrogen) atoms. The van der Waals surface area contributed by atoms with Crippen LogP contribution in [0.5, 0.6) is 5.75 Å². The van der Waals surface area contributed by atoms with E-state index in [1.165, 1.54) is 24.8 Å². The smallest absolute Gasteiger partial charge is 0.137 e. The van der Waals surface area contributed by atoms with Gasteiger partial charge in [-0.05, 0) is 48.8 Å². The first kappa shape index (κ1) is 12.9. The second-order valence-electron chi connectivity index (χ2n) is 6.04. The van der Waals surface area contributed by atoms with Crippen molar-refractivity contribution in [1.82, 2.24) is 10.3 Å². The second kappa shape index (κ2) is 5.49. The van der Waals surface area contributed by atoms with E-state index in [0.29, 0.717) is 12.0 Å².